The van der Waals surface area contributed by atoms with Crippen molar-refractivity contribution in [3.8, 4) is 0 Å². The summed E-state index contributed by atoms with van der Waals surface area (Å²) in [6.07, 6.45) is 10.9. The molecule has 2 unspecified atom stereocenters. The van der Waals surface area contributed by atoms with Gasteiger partial charge in [-0.3, -0.25) is 14.6 Å². The average molecular weight is 540 g/mol. The van der Waals surface area contributed by atoms with Gasteiger partial charge in [-0.25, -0.2) is 0 Å². The molecular formula is C30H49N7O2. The van der Waals surface area contributed by atoms with E-state index in [0.29, 0.717) is 37.8 Å². The molecule has 9 nitrogen and oxygen atoms in total. The Morgan fingerprint density at radius 2 is 1.90 bits per heavy atom. The minimum absolute atomic E-state index is 0.00346. The molecule has 6 N–H and O–H groups in total. The van der Waals surface area contributed by atoms with E-state index in [1.807, 2.05) is 44.3 Å². The van der Waals surface area contributed by atoms with E-state index < -0.39 is 0 Å². The number of rotatable bonds is 10. The molecule has 1 aliphatic heterocycles. The number of amides is 2. The maximum Gasteiger partial charge on any atom is 0.239 e. The van der Waals surface area contributed by atoms with Crippen LogP contribution in [0, 0.1) is 5.92 Å². The highest BCUT2D eigenvalue weighted by molar-refractivity contribution is 5.89. The van der Waals surface area contributed by atoms with Crippen molar-refractivity contribution in [2.45, 2.75) is 83.7 Å². The van der Waals surface area contributed by atoms with Gasteiger partial charge in [0.2, 0.25) is 11.8 Å². The minimum Gasteiger partial charge on any atom is -0.370 e. The van der Waals surface area contributed by atoms with Crippen LogP contribution in [0.3, 0.4) is 0 Å². The SMILES string of the molecule is CC.CN=C(N)NCCCC1NC(CNC(=O)Cc2c[nH]c3ccccc23)CCN(CC2CCCCC2)C1=O. The molecule has 1 aromatic heterocycles. The van der Waals surface area contributed by atoms with Gasteiger partial charge in [-0.05, 0) is 49.7 Å². The maximum absolute atomic E-state index is 13.5. The summed E-state index contributed by atoms with van der Waals surface area (Å²) >= 11 is 0. The maximum atomic E-state index is 13.5. The van der Waals surface area contributed by atoms with Crippen molar-refractivity contribution >= 4 is 28.7 Å². The predicted octanol–water partition coefficient (Wildman–Crippen LogP) is 3.31. The zero-order valence-electron chi connectivity index (χ0n) is 24.1. The third-order valence-electron chi connectivity index (χ3n) is 7.79. The van der Waals surface area contributed by atoms with Gasteiger partial charge in [0.25, 0.3) is 0 Å². The molecule has 2 aromatic rings. The van der Waals surface area contributed by atoms with Crippen molar-refractivity contribution in [1.29, 1.82) is 0 Å². The van der Waals surface area contributed by atoms with Gasteiger partial charge in [-0.2, -0.15) is 0 Å². The number of nitrogens with two attached hydrogens (primary N) is 1. The number of aromatic amines is 1. The zero-order valence-corrected chi connectivity index (χ0v) is 24.1. The first-order valence-corrected chi connectivity index (χ1v) is 14.9. The van der Waals surface area contributed by atoms with Crippen LogP contribution in [0.15, 0.2) is 35.5 Å². The van der Waals surface area contributed by atoms with Crippen LogP contribution in [0.1, 0.15) is 70.8 Å². The lowest BCUT2D eigenvalue weighted by atomic mass is 9.89. The molecule has 0 spiro atoms. The van der Waals surface area contributed by atoms with Crippen LogP contribution in [0.4, 0.5) is 0 Å². The number of guanidine groups is 1. The summed E-state index contributed by atoms with van der Waals surface area (Å²) in [5, 5.41) is 10.9. The van der Waals surface area contributed by atoms with E-state index in [0.717, 1.165) is 42.4 Å². The Labute approximate surface area is 233 Å². The number of hydrogen-bond acceptors (Lipinski definition) is 4. The molecular weight excluding hydrogens is 490 g/mol. The Balaban J connectivity index is 0.00000205. The molecule has 2 atom stereocenters. The second kappa shape index (κ2) is 16.1. The second-order valence-corrected chi connectivity index (χ2v) is 10.5. The van der Waals surface area contributed by atoms with Crippen LogP contribution in [0.5, 0.6) is 0 Å². The van der Waals surface area contributed by atoms with E-state index in [-0.39, 0.29) is 23.9 Å². The number of hydrogen-bond donors (Lipinski definition) is 5. The number of H-pyrrole nitrogens is 1. The van der Waals surface area contributed by atoms with Gasteiger partial charge in [0.05, 0.1) is 12.5 Å². The Hall–Kier alpha value is -3.07. The molecule has 2 aliphatic rings. The highest BCUT2D eigenvalue weighted by Gasteiger charge is 2.32. The van der Waals surface area contributed by atoms with Crippen molar-refractivity contribution in [2.75, 3.05) is 33.2 Å². The lowest BCUT2D eigenvalue weighted by Crippen LogP contribution is -2.49. The van der Waals surface area contributed by atoms with E-state index >= 15 is 0 Å². The van der Waals surface area contributed by atoms with Gasteiger partial charge in [-0.1, -0.05) is 51.3 Å². The highest BCUT2D eigenvalue weighted by atomic mass is 16.2. The van der Waals surface area contributed by atoms with Crippen molar-refractivity contribution in [2.24, 2.45) is 16.6 Å². The molecule has 2 fully saturated rings. The monoisotopic (exact) mass is 539 g/mol. The normalized spacial score (nSPS) is 20.7. The summed E-state index contributed by atoms with van der Waals surface area (Å²) < 4.78 is 0. The lowest BCUT2D eigenvalue weighted by molar-refractivity contribution is -0.133. The zero-order chi connectivity index (χ0) is 28.0. The molecule has 1 saturated carbocycles. The Bertz CT molecular complexity index is 1060. The lowest BCUT2D eigenvalue weighted by Gasteiger charge is -2.30. The van der Waals surface area contributed by atoms with Crippen LogP contribution in [0.25, 0.3) is 10.9 Å². The Morgan fingerprint density at radius 3 is 2.67 bits per heavy atom. The first kappa shape index (κ1) is 30.5. The molecule has 1 aromatic carbocycles. The predicted molar refractivity (Wildman–Crippen MR) is 160 cm³/mol. The first-order chi connectivity index (χ1) is 19.0. The Kier molecular flexibility index (Phi) is 12.6. The van der Waals surface area contributed by atoms with Crippen LogP contribution < -0.4 is 21.7 Å². The molecule has 4 rings (SSSR count). The number of aliphatic imine (C=N–C) groups is 1. The van der Waals surface area contributed by atoms with Crippen molar-refractivity contribution in [1.82, 2.24) is 25.8 Å². The summed E-state index contributed by atoms with van der Waals surface area (Å²) in [7, 11) is 1.65. The molecule has 1 saturated heterocycles. The first-order valence-electron chi connectivity index (χ1n) is 14.9. The van der Waals surface area contributed by atoms with Crippen LogP contribution in [-0.2, 0) is 16.0 Å². The summed E-state index contributed by atoms with van der Waals surface area (Å²) in [6, 6.07) is 7.81. The number of carbonyl (C=O) groups is 2. The third-order valence-corrected chi connectivity index (χ3v) is 7.79. The fourth-order valence-electron chi connectivity index (χ4n) is 5.66. The van der Waals surface area contributed by atoms with Gasteiger partial charge in [0.1, 0.15) is 0 Å². The number of nitrogens with one attached hydrogen (secondary N) is 4. The van der Waals surface area contributed by atoms with E-state index in [2.05, 4.69) is 30.8 Å². The topological polar surface area (TPSA) is 128 Å². The van der Waals surface area contributed by atoms with Gasteiger partial charge >= 0.3 is 0 Å². The smallest absolute Gasteiger partial charge is 0.239 e. The number of fused-ring (bicyclic) bond motifs is 1. The summed E-state index contributed by atoms with van der Waals surface area (Å²) in [5.74, 6) is 1.20. The molecule has 0 radical (unpaired) electrons. The minimum atomic E-state index is -0.261. The fourth-order valence-corrected chi connectivity index (χ4v) is 5.66. The summed E-state index contributed by atoms with van der Waals surface area (Å²) in [4.78, 5) is 35.6. The number of benzene rings is 1. The molecule has 2 amide bonds. The standard InChI is InChI=1S/C28H43N7O2.C2H6/c1-30-28(29)31-14-7-12-25-27(37)35(19-20-8-3-2-4-9-20)15-13-22(34-25)18-33-26(36)16-21-17-32-24-11-6-5-10-23(21)24;1-2/h5-6,10-11,17,20,22,25,32,34H,2-4,7-9,12-16,18-19H2,1H3,(H,33,36)(H3,29,30,31);1-2H3. The number of nitrogens with zero attached hydrogens (tertiary/aromatic N) is 2. The van der Waals surface area contributed by atoms with Crippen molar-refractivity contribution in [3.63, 3.8) is 0 Å². The van der Waals surface area contributed by atoms with Gasteiger partial charge in [0, 0.05) is 56.4 Å². The van der Waals surface area contributed by atoms with Crippen molar-refractivity contribution in [3.05, 3.63) is 36.0 Å². The van der Waals surface area contributed by atoms with E-state index in [4.69, 9.17) is 5.73 Å². The molecule has 2 heterocycles. The molecule has 0 bridgehead atoms. The molecule has 9 heteroatoms. The highest BCUT2D eigenvalue weighted by Crippen LogP contribution is 2.25. The van der Waals surface area contributed by atoms with Crippen LogP contribution >= 0.6 is 0 Å². The largest absolute Gasteiger partial charge is 0.370 e. The van der Waals surface area contributed by atoms with Gasteiger partial charge in [0.15, 0.2) is 5.96 Å². The number of aromatic nitrogens is 1. The fraction of sp³-hybridized carbons (Fsp3) is 0.633. The summed E-state index contributed by atoms with van der Waals surface area (Å²) in [5.41, 5.74) is 7.78. The molecule has 216 valence electrons. The van der Waals surface area contributed by atoms with Gasteiger partial charge < -0.3 is 31.6 Å². The quantitative estimate of drug-likeness (QED) is 0.180. The van der Waals surface area contributed by atoms with Crippen molar-refractivity contribution < 1.29 is 9.59 Å². The summed E-state index contributed by atoms with van der Waals surface area (Å²) in [6.45, 7) is 6.76. The second-order valence-electron chi connectivity index (χ2n) is 10.5. The van der Waals surface area contributed by atoms with E-state index in [1.165, 1.54) is 32.1 Å². The van der Waals surface area contributed by atoms with E-state index in [9.17, 15) is 9.59 Å². The van der Waals surface area contributed by atoms with Gasteiger partial charge in [-0.15, -0.1) is 0 Å². The van der Waals surface area contributed by atoms with Crippen LogP contribution in [-0.4, -0.2) is 73.0 Å². The number of carbonyl (C=O) groups excluding carboxylic acids is 2. The molecule has 39 heavy (non-hydrogen) atoms. The number of para-hydroxylation sites is 1. The van der Waals surface area contributed by atoms with E-state index in [1.54, 1.807) is 7.05 Å². The molecule has 1 aliphatic carbocycles. The van der Waals surface area contributed by atoms with Crippen LogP contribution in [0.2, 0.25) is 0 Å². The Morgan fingerprint density at radius 1 is 1.13 bits per heavy atom. The average Bonchev–Trinajstić information content (AvgIpc) is 3.31. The third kappa shape index (κ3) is 9.27.